The lowest BCUT2D eigenvalue weighted by Crippen LogP contribution is -2.43. The van der Waals surface area contributed by atoms with Crippen molar-refractivity contribution in [1.29, 1.82) is 0 Å². The van der Waals surface area contributed by atoms with Gasteiger partial charge in [-0.2, -0.15) is 0 Å². The molecule has 8 heteroatoms. The minimum atomic E-state index is -0.710. The van der Waals surface area contributed by atoms with Gasteiger partial charge in [-0.3, -0.25) is 15.0 Å². The Balaban J connectivity index is 2.14. The van der Waals surface area contributed by atoms with Gasteiger partial charge in [-0.05, 0) is 11.6 Å². The van der Waals surface area contributed by atoms with Crippen LogP contribution in [0.2, 0.25) is 0 Å². The quantitative estimate of drug-likeness (QED) is 0.441. The van der Waals surface area contributed by atoms with Gasteiger partial charge in [0.2, 0.25) is 0 Å². The van der Waals surface area contributed by atoms with Crippen molar-refractivity contribution in [1.82, 2.24) is 4.90 Å². The molecule has 1 fully saturated rings. The third-order valence-corrected chi connectivity index (χ3v) is 3.64. The zero-order valence-corrected chi connectivity index (χ0v) is 13.2. The number of nitrogens with zero attached hydrogens (tertiary/aromatic N) is 2. The van der Waals surface area contributed by atoms with Crippen LogP contribution in [0, 0.1) is 10.1 Å². The number of nitro benzene ring substituents is 1. The second kappa shape index (κ2) is 8.00. The second-order valence-corrected chi connectivity index (χ2v) is 5.28. The number of ether oxygens (including phenoxy) is 3. The van der Waals surface area contributed by atoms with Gasteiger partial charge in [0.1, 0.15) is 5.56 Å². The van der Waals surface area contributed by atoms with Crippen molar-refractivity contribution < 1.29 is 23.9 Å². The van der Waals surface area contributed by atoms with Crippen molar-refractivity contribution in [3.63, 3.8) is 0 Å². The average Bonchev–Trinajstić information content (AvgIpc) is 2.54. The van der Waals surface area contributed by atoms with E-state index < -0.39 is 10.9 Å². The molecular formula is C15H20N2O6. The van der Waals surface area contributed by atoms with E-state index >= 15 is 0 Å². The molecule has 23 heavy (non-hydrogen) atoms. The number of nitro groups is 1. The van der Waals surface area contributed by atoms with Crippen molar-refractivity contribution >= 4 is 11.7 Å². The Morgan fingerprint density at radius 3 is 2.91 bits per heavy atom. The van der Waals surface area contributed by atoms with Gasteiger partial charge >= 0.3 is 5.97 Å². The third-order valence-electron chi connectivity index (χ3n) is 3.64. The Labute approximate surface area is 134 Å². The number of rotatable bonds is 6. The molecule has 1 atom stereocenters. The third kappa shape index (κ3) is 4.47. The molecule has 1 aromatic carbocycles. The van der Waals surface area contributed by atoms with Crippen LogP contribution in [0.4, 0.5) is 5.69 Å². The van der Waals surface area contributed by atoms with Crippen LogP contribution in [0.25, 0.3) is 0 Å². The Bertz CT molecular complexity index is 575. The van der Waals surface area contributed by atoms with Crippen LogP contribution in [0.1, 0.15) is 15.9 Å². The minimum Gasteiger partial charge on any atom is -0.465 e. The molecule has 1 aromatic rings. The number of methoxy groups -OCH3 is 2. The summed E-state index contributed by atoms with van der Waals surface area (Å²) in [5.74, 6) is -0.710. The van der Waals surface area contributed by atoms with Gasteiger partial charge in [0.25, 0.3) is 5.69 Å². The molecule has 0 saturated carbocycles. The van der Waals surface area contributed by atoms with Gasteiger partial charge in [-0.25, -0.2) is 4.79 Å². The van der Waals surface area contributed by atoms with Gasteiger partial charge in [0, 0.05) is 32.8 Å². The molecule has 1 aliphatic rings. The van der Waals surface area contributed by atoms with Gasteiger partial charge in [-0.15, -0.1) is 0 Å². The zero-order chi connectivity index (χ0) is 16.8. The summed E-state index contributed by atoms with van der Waals surface area (Å²) in [6, 6.07) is 4.52. The van der Waals surface area contributed by atoms with Gasteiger partial charge in [0.05, 0.1) is 31.4 Å². The van der Waals surface area contributed by atoms with Crippen molar-refractivity contribution in [3.05, 3.63) is 39.4 Å². The molecule has 126 valence electrons. The Hall–Kier alpha value is -2.03. The highest BCUT2D eigenvalue weighted by Gasteiger charge is 2.24. The van der Waals surface area contributed by atoms with Crippen LogP contribution in [0.5, 0.6) is 0 Å². The fraction of sp³-hybridized carbons (Fsp3) is 0.533. The van der Waals surface area contributed by atoms with E-state index in [2.05, 4.69) is 9.64 Å². The molecule has 1 saturated heterocycles. The fourth-order valence-electron chi connectivity index (χ4n) is 2.58. The fourth-order valence-corrected chi connectivity index (χ4v) is 2.58. The van der Waals surface area contributed by atoms with Gasteiger partial charge < -0.3 is 14.2 Å². The largest absolute Gasteiger partial charge is 0.465 e. The van der Waals surface area contributed by atoms with E-state index in [1.54, 1.807) is 13.2 Å². The maximum Gasteiger partial charge on any atom is 0.344 e. The van der Waals surface area contributed by atoms with Crippen LogP contribution in [0.15, 0.2) is 18.2 Å². The number of hydrogen-bond acceptors (Lipinski definition) is 7. The molecule has 2 rings (SSSR count). The Morgan fingerprint density at radius 1 is 1.48 bits per heavy atom. The van der Waals surface area contributed by atoms with Gasteiger partial charge in [-0.1, -0.05) is 6.07 Å². The number of carbonyl (C=O) groups is 1. The summed E-state index contributed by atoms with van der Waals surface area (Å²) in [5, 5.41) is 11.0. The van der Waals surface area contributed by atoms with E-state index in [4.69, 9.17) is 9.47 Å². The summed E-state index contributed by atoms with van der Waals surface area (Å²) in [6.45, 7) is 3.16. The van der Waals surface area contributed by atoms with E-state index in [1.165, 1.54) is 19.2 Å². The molecule has 1 heterocycles. The first-order chi connectivity index (χ1) is 11.0. The molecule has 0 aromatic heterocycles. The predicted molar refractivity (Wildman–Crippen MR) is 81.3 cm³/mol. The van der Waals surface area contributed by atoms with Crippen LogP contribution in [-0.2, 0) is 20.8 Å². The van der Waals surface area contributed by atoms with Crippen LogP contribution < -0.4 is 0 Å². The average molecular weight is 324 g/mol. The molecule has 8 nitrogen and oxygen atoms in total. The van der Waals surface area contributed by atoms with Gasteiger partial charge in [0.15, 0.2) is 0 Å². The van der Waals surface area contributed by atoms with Crippen molar-refractivity contribution in [3.8, 4) is 0 Å². The molecule has 0 aliphatic carbocycles. The topological polar surface area (TPSA) is 91.1 Å². The first-order valence-corrected chi connectivity index (χ1v) is 7.23. The lowest BCUT2D eigenvalue weighted by Gasteiger charge is -2.32. The summed E-state index contributed by atoms with van der Waals surface area (Å²) in [7, 11) is 2.83. The smallest absolute Gasteiger partial charge is 0.344 e. The molecule has 0 radical (unpaired) electrons. The second-order valence-electron chi connectivity index (χ2n) is 5.28. The Kier molecular flexibility index (Phi) is 6.03. The first kappa shape index (κ1) is 17.3. The molecule has 0 bridgehead atoms. The monoisotopic (exact) mass is 324 g/mol. The van der Waals surface area contributed by atoms with E-state index in [1.807, 2.05) is 0 Å². The van der Waals surface area contributed by atoms with Crippen LogP contribution in [-0.4, -0.2) is 62.4 Å². The van der Waals surface area contributed by atoms with E-state index in [0.29, 0.717) is 26.3 Å². The van der Waals surface area contributed by atoms with Crippen molar-refractivity contribution in [2.24, 2.45) is 0 Å². The van der Waals surface area contributed by atoms with Crippen LogP contribution in [0.3, 0.4) is 0 Å². The van der Waals surface area contributed by atoms with E-state index in [-0.39, 0.29) is 17.4 Å². The normalized spacial score (nSPS) is 18.6. The van der Waals surface area contributed by atoms with Crippen molar-refractivity contribution in [2.75, 3.05) is 40.5 Å². The lowest BCUT2D eigenvalue weighted by atomic mass is 10.1. The lowest BCUT2D eigenvalue weighted by molar-refractivity contribution is -0.385. The molecule has 0 amide bonds. The highest BCUT2D eigenvalue weighted by Crippen LogP contribution is 2.22. The standard InChI is InChI=1S/C15H20N2O6/c1-21-10-12-9-16(5-6-23-12)8-11-3-4-14(17(19)20)13(7-11)15(18)22-2/h3-4,7,12H,5-6,8-10H2,1-2H3/t12-/m0/s1. The first-order valence-electron chi connectivity index (χ1n) is 7.23. The molecular weight excluding hydrogens is 304 g/mol. The maximum atomic E-state index is 11.7. The summed E-state index contributed by atoms with van der Waals surface area (Å²) >= 11 is 0. The van der Waals surface area contributed by atoms with Crippen molar-refractivity contribution in [2.45, 2.75) is 12.6 Å². The summed E-state index contributed by atoms with van der Waals surface area (Å²) < 4.78 is 15.3. The van der Waals surface area contributed by atoms with Crippen LogP contribution >= 0.6 is 0 Å². The molecule has 0 unspecified atom stereocenters. The molecule has 1 aliphatic heterocycles. The highest BCUT2D eigenvalue weighted by atomic mass is 16.6. The highest BCUT2D eigenvalue weighted by molar-refractivity contribution is 5.94. The SMILES string of the molecule is COC[C@@H]1CN(Cc2ccc([N+](=O)[O-])c(C(=O)OC)c2)CCO1. The predicted octanol–water partition coefficient (Wildman–Crippen LogP) is 1.23. The number of benzene rings is 1. The summed E-state index contributed by atoms with van der Waals surface area (Å²) in [4.78, 5) is 24.3. The zero-order valence-electron chi connectivity index (χ0n) is 13.2. The Morgan fingerprint density at radius 2 is 2.26 bits per heavy atom. The number of morpholine rings is 1. The molecule has 0 N–H and O–H groups in total. The number of hydrogen-bond donors (Lipinski definition) is 0. The van der Waals surface area contributed by atoms with E-state index in [9.17, 15) is 14.9 Å². The summed E-state index contributed by atoms with van der Waals surface area (Å²) in [5.41, 5.74) is 0.533. The number of esters is 1. The molecule has 0 spiro atoms. The maximum absolute atomic E-state index is 11.7. The summed E-state index contributed by atoms with van der Waals surface area (Å²) in [6.07, 6.45) is 0.00637. The van der Waals surface area contributed by atoms with E-state index in [0.717, 1.165) is 12.1 Å². The minimum absolute atomic E-state index is 0.00637. The number of carbonyl (C=O) groups excluding carboxylic acids is 1.